The maximum absolute atomic E-state index is 10.3. The summed E-state index contributed by atoms with van der Waals surface area (Å²) < 4.78 is 0. The topological polar surface area (TPSA) is 52.4 Å². The summed E-state index contributed by atoms with van der Waals surface area (Å²) in [4.78, 5) is 15.1. The van der Waals surface area contributed by atoms with Crippen LogP contribution in [0, 0.1) is 51.5 Å². The average Bonchev–Trinajstić information content (AvgIpc) is 2.04. The second-order valence-electron chi connectivity index (χ2n) is 5.06. The number of hydrogen-bond acceptors (Lipinski definition) is 3. The molecule has 6 aliphatic carbocycles. The molecule has 0 aromatic heterocycles. The first-order valence-corrected chi connectivity index (χ1v) is 4.62. The second kappa shape index (κ2) is 0.947. The highest BCUT2D eigenvalue weighted by molar-refractivity contribution is 5.52. The van der Waals surface area contributed by atoms with E-state index < -0.39 is 5.09 Å². The molecule has 0 spiro atoms. The van der Waals surface area contributed by atoms with Gasteiger partial charge in [-0.15, -0.1) is 10.1 Å². The van der Waals surface area contributed by atoms with Crippen molar-refractivity contribution >= 4 is 0 Å². The van der Waals surface area contributed by atoms with Gasteiger partial charge in [0.25, 0.3) is 5.09 Å². The molecule has 6 saturated carbocycles. The molecule has 0 aliphatic heterocycles. The van der Waals surface area contributed by atoms with Crippen molar-refractivity contribution in [1.29, 1.82) is 0 Å². The van der Waals surface area contributed by atoms with Crippen LogP contribution in [-0.4, -0.2) is 10.7 Å². The predicted molar refractivity (Wildman–Crippen MR) is 35.2 cm³/mol. The SMILES string of the molecule is O=[N+]([O-])OC12C3C4C5C3C1C5C42. The van der Waals surface area contributed by atoms with Gasteiger partial charge in [0.2, 0.25) is 0 Å². The Morgan fingerprint density at radius 1 is 1.08 bits per heavy atom. The van der Waals surface area contributed by atoms with Gasteiger partial charge in [0.05, 0.1) is 0 Å². The normalized spacial score (nSPS) is 81.5. The number of hydrogen-bond donors (Lipinski definition) is 0. The fourth-order valence-electron chi connectivity index (χ4n) is 5.64. The molecule has 4 heteroatoms. The van der Waals surface area contributed by atoms with E-state index in [1.807, 2.05) is 0 Å². The molecular formula is C8H7NO3. The third-order valence-electron chi connectivity index (χ3n) is 5.62. The second-order valence-corrected chi connectivity index (χ2v) is 5.06. The molecular weight excluding hydrogens is 158 g/mol. The first kappa shape index (κ1) is 5.04. The minimum atomic E-state index is -0.568. The van der Waals surface area contributed by atoms with Crippen LogP contribution in [-0.2, 0) is 4.84 Å². The van der Waals surface area contributed by atoms with Crippen molar-refractivity contribution in [3.05, 3.63) is 10.1 Å². The van der Waals surface area contributed by atoms with E-state index in [0.717, 1.165) is 23.7 Å². The van der Waals surface area contributed by atoms with E-state index in [1.165, 1.54) is 0 Å². The lowest BCUT2D eigenvalue weighted by molar-refractivity contribution is -0.844. The van der Waals surface area contributed by atoms with Gasteiger partial charge < -0.3 is 4.84 Å². The van der Waals surface area contributed by atoms with Crippen molar-refractivity contribution in [2.24, 2.45) is 41.4 Å². The van der Waals surface area contributed by atoms with Crippen LogP contribution in [0.3, 0.4) is 0 Å². The standard InChI is InChI=1S/C8H7NO3/c10-9(11)12-8-5-2-1-3(5)7(8)4(1)6(2)8/h1-7H. The highest BCUT2D eigenvalue weighted by Gasteiger charge is 3.06. The van der Waals surface area contributed by atoms with Crippen LogP contribution in [0.25, 0.3) is 0 Å². The molecule has 0 unspecified atom stereocenters. The van der Waals surface area contributed by atoms with Crippen molar-refractivity contribution < 1.29 is 9.92 Å². The van der Waals surface area contributed by atoms with E-state index in [4.69, 9.17) is 4.84 Å². The molecule has 4 nitrogen and oxygen atoms in total. The van der Waals surface area contributed by atoms with E-state index in [2.05, 4.69) is 0 Å². The van der Waals surface area contributed by atoms with Gasteiger partial charge in [0.1, 0.15) is 5.60 Å². The Bertz CT molecular complexity index is 301. The molecule has 6 rings (SSSR count). The molecule has 62 valence electrons. The zero-order valence-corrected chi connectivity index (χ0v) is 6.21. The number of rotatable bonds is 2. The Hall–Kier alpha value is -0.800. The van der Waals surface area contributed by atoms with Gasteiger partial charge in [-0.05, 0) is 41.4 Å². The third kappa shape index (κ3) is 0.183. The van der Waals surface area contributed by atoms with Crippen LogP contribution in [0.4, 0.5) is 0 Å². The van der Waals surface area contributed by atoms with Crippen molar-refractivity contribution in [1.82, 2.24) is 0 Å². The zero-order chi connectivity index (χ0) is 7.83. The highest BCUT2D eigenvalue weighted by Crippen LogP contribution is 3.03. The maximum Gasteiger partial charge on any atom is 0.295 e. The monoisotopic (exact) mass is 165 g/mol. The molecule has 0 aromatic rings. The molecule has 0 saturated heterocycles. The lowest BCUT2D eigenvalue weighted by Crippen LogP contribution is -3.09. The Labute approximate surface area is 68.0 Å². The van der Waals surface area contributed by atoms with Crippen LogP contribution < -0.4 is 0 Å². The zero-order valence-electron chi connectivity index (χ0n) is 6.21. The Kier molecular flexibility index (Phi) is 0.398. The molecule has 0 atom stereocenters. The van der Waals surface area contributed by atoms with Crippen LogP contribution in [0.5, 0.6) is 0 Å². The molecule has 12 heavy (non-hydrogen) atoms. The van der Waals surface area contributed by atoms with Crippen LogP contribution in [0.15, 0.2) is 0 Å². The third-order valence-corrected chi connectivity index (χ3v) is 5.62. The first-order chi connectivity index (χ1) is 5.78. The predicted octanol–water partition coefficient (Wildman–Crippen LogP) is 0.315. The summed E-state index contributed by atoms with van der Waals surface area (Å²) in [6, 6.07) is 0. The fourth-order valence-corrected chi connectivity index (χ4v) is 5.64. The largest absolute Gasteiger partial charge is 0.306 e. The summed E-state index contributed by atoms with van der Waals surface area (Å²) in [7, 11) is 0. The maximum atomic E-state index is 10.3. The van der Waals surface area contributed by atoms with Gasteiger partial charge in [-0.3, -0.25) is 0 Å². The number of nitrogens with zero attached hydrogens (tertiary/aromatic N) is 1. The Morgan fingerprint density at radius 3 is 2.00 bits per heavy atom. The van der Waals surface area contributed by atoms with Gasteiger partial charge in [0, 0.05) is 0 Å². The van der Waals surface area contributed by atoms with E-state index in [-0.39, 0.29) is 5.60 Å². The quantitative estimate of drug-likeness (QED) is 0.437. The lowest BCUT2D eigenvalue weighted by atomic mass is 8.99. The van der Waals surface area contributed by atoms with Gasteiger partial charge in [-0.2, -0.15) is 0 Å². The van der Waals surface area contributed by atoms with E-state index in [1.54, 1.807) is 0 Å². The Morgan fingerprint density at radius 2 is 1.58 bits per heavy atom. The summed E-state index contributed by atoms with van der Waals surface area (Å²) in [5.41, 5.74) is -0.210. The first-order valence-electron chi connectivity index (χ1n) is 4.62. The summed E-state index contributed by atoms with van der Waals surface area (Å²) in [6.45, 7) is 0. The molecule has 0 heterocycles. The van der Waals surface area contributed by atoms with Gasteiger partial charge in [-0.25, -0.2) is 0 Å². The van der Waals surface area contributed by atoms with Gasteiger partial charge >= 0.3 is 0 Å². The van der Waals surface area contributed by atoms with Gasteiger partial charge in [-0.1, -0.05) is 0 Å². The van der Waals surface area contributed by atoms with E-state index >= 15 is 0 Å². The van der Waals surface area contributed by atoms with Crippen LogP contribution in [0.2, 0.25) is 0 Å². The molecule has 0 bridgehead atoms. The highest BCUT2D eigenvalue weighted by atomic mass is 17.0. The molecule has 6 fully saturated rings. The fraction of sp³-hybridized carbons (Fsp3) is 1.00. The summed E-state index contributed by atoms with van der Waals surface area (Å²) in [6.07, 6.45) is 0. The summed E-state index contributed by atoms with van der Waals surface area (Å²) >= 11 is 0. The van der Waals surface area contributed by atoms with E-state index in [0.29, 0.717) is 17.8 Å². The molecule has 0 amide bonds. The van der Waals surface area contributed by atoms with Crippen molar-refractivity contribution in [2.45, 2.75) is 5.60 Å². The molecule has 6 aliphatic rings. The molecule has 0 N–H and O–H groups in total. The summed E-state index contributed by atoms with van der Waals surface area (Å²) in [5, 5.41) is 9.70. The minimum absolute atomic E-state index is 0.210. The minimum Gasteiger partial charge on any atom is -0.306 e. The average molecular weight is 165 g/mol. The summed E-state index contributed by atoms with van der Waals surface area (Å²) in [5.74, 6) is 5.45. The molecule has 0 aromatic carbocycles. The van der Waals surface area contributed by atoms with Crippen molar-refractivity contribution in [3.63, 3.8) is 0 Å². The lowest BCUT2D eigenvalue weighted by Gasteiger charge is -3.05. The van der Waals surface area contributed by atoms with Crippen LogP contribution >= 0.6 is 0 Å². The van der Waals surface area contributed by atoms with E-state index in [9.17, 15) is 10.1 Å². The Balaban J connectivity index is 1.60. The molecule has 0 radical (unpaired) electrons. The van der Waals surface area contributed by atoms with Crippen molar-refractivity contribution in [3.8, 4) is 0 Å². The van der Waals surface area contributed by atoms with Gasteiger partial charge in [0.15, 0.2) is 0 Å². The smallest absolute Gasteiger partial charge is 0.295 e. The van der Waals surface area contributed by atoms with Crippen LogP contribution in [0.1, 0.15) is 0 Å². The van der Waals surface area contributed by atoms with Crippen molar-refractivity contribution in [2.75, 3.05) is 0 Å².